The summed E-state index contributed by atoms with van der Waals surface area (Å²) in [4.78, 5) is 3.71. The Morgan fingerprint density at radius 2 is 2.56 bits per heavy atom. The first-order valence-corrected chi connectivity index (χ1v) is 2.93. The standard InChI is InChI=1S/C5H6ClFN2/c1-4-8-5(6)2-3-9(4)7/h2-4H,1H3. The van der Waals surface area contributed by atoms with Gasteiger partial charge in [-0.3, -0.25) is 0 Å². The molecule has 0 fully saturated rings. The van der Waals surface area contributed by atoms with Gasteiger partial charge in [0.15, 0.2) is 0 Å². The van der Waals surface area contributed by atoms with E-state index in [1.807, 2.05) is 0 Å². The highest BCUT2D eigenvalue weighted by Gasteiger charge is 2.10. The maximum Gasteiger partial charge on any atom is 0.149 e. The van der Waals surface area contributed by atoms with Crippen molar-refractivity contribution in [3.8, 4) is 0 Å². The van der Waals surface area contributed by atoms with Gasteiger partial charge in [-0.05, 0) is 13.0 Å². The van der Waals surface area contributed by atoms with Crippen LogP contribution in [0.2, 0.25) is 0 Å². The number of hydrogen-bond donors (Lipinski definition) is 0. The predicted octanol–water partition coefficient (Wildman–Crippen LogP) is 1.68. The Balaban J connectivity index is 2.70. The topological polar surface area (TPSA) is 15.6 Å². The van der Waals surface area contributed by atoms with Crippen molar-refractivity contribution in [2.24, 2.45) is 4.99 Å². The lowest BCUT2D eigenvalue weighted by atomic mass is 10.5. The average molecular weight is 149 g/mol. The zero-order chi connectivity index (χ0) is 6.85. The summed E-state index contributed by atoms with van der Waals surface area (Å²) < 4.78 is 12.3. The van der Waals surface area contributed by atoms with Crippen LogP contribution >= 0.6 is 11.6 Å². The van der Waals surface area contributed by atoms with Crippen molar-refractivity contribution in [2.45, 2.75) is 13.1 Å². The molecule has 0 saturated heterocycles. The van der Waals surface area contributed by atoms with E-state index in [2.05, 4.69) is 4.99 Å². The number of rotatable bonds is 0. The largest absolute Gasteiger partial charge is 0.246 e. The Labute approximate surface area is 57.6 Å². The van der Waals surface area contributed by atoms with E-state index in [0.717, 1.165) is 0 Å². The van der Waals surface area contributed by atoms with Crippen LogP contribution in [0.15, 0.2) is 17.3 Å². The van der Waals surface area contributed by atoms with Gasteiger partial charge in [-0.2, -0.15) is 5.12 Å². The second-order valence-corrected chi connectivity index (χ2v) is 2.13. The third-order valence-corrected chi connectivity index (χ3v) is 1.25. The van der Waals surface area contributed by atoms with Crippen LogP contribution in [0.1, 0.15) is 6.92 Å². The number of aliphatic imine (C=N–C) groups is 1. The summed E-state index contributed by atoms with van der Waals surface area (Å²) in [5.41, 5.74) is 0. The summed E-state index contributed by atoms with van der Waals surface area (Å²) in [6.45, 7) is 1.62. The van der Waals surface area contributed by atoms with Crippen LogP contribution in [0.5, 0.6) is 0 Å². The van der Waals surface area contributed by atoms with Gasteiger partial charge < -0.3 is 0 Å². The van der Waals surface area contributed by atoms with Gasteiger partial charge in [0.25, 0.3) is 0 Å². The molecule has 0 aromatic carbocycles. The number of allylic oxidation sites excluding steroid dienone is 1. The van der Waals surface area contributed by atoms with E-state index >= 15 is 0 Å². The molecule has 0 spiro atoms. The van der Waals surface area contributed by atoms with E-state index in [9.17, 15) is 4.48 Å². The monoisotopic (exact) mass is 148 g/mol. The quantitative estimate of drug-likeness (QED) is 0.478. The third-order valence-electron chi connectivity index (χ3n) is 1.02. The Morgan fingerprint density at radius 1 is 1.89 bits per heavy atom. The van der Waals surface area contributed by atoms with E-state index in [0.29, 0.717) is 10.3 Å². The molecule has 1 aliphatic rings. The zero-order valence-electron chi connectivity index (χ0n) is 4.88. The molecule has 2 nitrogen and oxygen atoms in total. The average Bonchev–Trinajstić information content (AvgIpc) is 1.80. The molecule has 1 atom stereocenters. The predicted molar refractivity (Wildman–Crippen MR) is 34.8 cm³/mol. The molecule has 1 heterocycles. The maximum absolute atomic E-state index is 12.3. The van der Waals surface area contributed by atoms with Crippen LogP contribution in [0, 0.1) is 0 Å². The van der Waals surface area contributed by atoms with Gasteiger partial charge in [0.1, 0.15) is 11.3 Å². The molecule has 1 unspecified atom stereocenters. The highest BCUT2D eigenvalue weighted by atomic mass is 35.5. The van der Waals surface area contributed by atoms with Crippen molar-refractivity contribution < 1.29 is 4.48 Å². The van der Waals surface area contributed by atoms with E-state index < -0.39 is 6.17 Å². The smallest absolute Gasteiger partial charge is 0.149 e. The molecule has 0 bridgehead atoms. The molecule has 9 heavy (non-hydrogen) atoms. The lowest BCUT2D eigenvalue weighted by molar-refractivity contribution is 0.0471. The van der Waals surface area contributed by atoms with Crippen LogP contribution in [0.25, 0.3) is 0 Å². The summed E-state index contributed by atoms with van der Waals surface area (Å²) in [5, 5.41) is 0.836. The molecule has 4 heteroatoms. The summed E-state index contributed by atoms with van der Waals surface area (Å²) >= 11 is 5.45. The first-order valence-electron chi connectivity index (χ1n) is 2.56. The summed E-state index contributed by atoms with van der Waals surface area (Å²) in [5.74, 6) is 0. The van der Waals surface area contributed by atoms with Crippen molar-refractivity contribution in [2.75, 3.05) is 0 Å². The van der Waals surface area contributed by atoms with E-state index in [4.69, 9.17) is 11.6 Å². The molecule has 0 aromatic heterocycles. The fourth-order valence-electron chi connectivity index (χ4n) is 0.534. The van der Waals surface area contributed by atoms with Crippen LogP contribution < -0.4 is 0 Å². The Morgan fingerprint density at radius 3 is 3.00 bits per heavy atom. The first-order chi connectivity index (χ1) is 4.20. The Kier molecular flexibility index (Phi) is 1.71. The molecular weight excluding hydrogens is 143 g/mol. The van der Waals surface area contributed by atoms with Crippen LogP contribution in [-0.2, 0) is 0 Å². The van der Waals surface area contributed by atoms with Gasteiger partial charge in [-0.15, -0.1) is 0 Å². The maximum atomic E-state index is 12.3. The molecule has 0 aromatic rings. The summed E-state index contributed by atoms with van der Waals surface area (Å²) in [7, 11) is 0. The van der Waals surface area contributed by atoms with Gasteiger partial charge in [-0.25, -0.2) is 4.99 Å². The van der Waals surface area contributed by atoms with Crippen molar-refractivity contribution >= 4 is 16.8 Å². The molecule has 0 N–H and O–H groups in total. The van der Waals surface area contributed by atoms with Gasteiger partial charge >= 0.3 is 0 Å². The minimum atomic E-state index is -0.484. The highest BCUT2D eigenvalue weighted by Crippen LogP contribution is 2.09. The minimum Gasteiger partial charge on any atom is -0.246 e. The first kappa shape index (κ1) is 6.55. The van der Waals surface area contributed by atoms with Crippen LogP contribution in [0.4, 0.5) is 4.48 Å². The fraction of sp³-hybridized carbons (Fsp3) is 0.400. The SMILES string of the molecule is CC1N=C(Cl)C=CN1F. The van der Waals surface area contributed by atoms with Gasteiger partial charge in [0.2, 0.25) is 0 Å². The van der Waals surface area contributed by atoms with Crippen molar-refractivity contribution in [1.82, 2.24) is 5.12 Å². The number of halogens is 2. The Bertz CT molecular complexity index is 166. The molecule has 1 aliphatic heterocycles. The summed E-state index contributed by atoms with van der Waals surface area (Å²) in [6.07, 6.45) is 2.17. The fourth-order valence-corrected chi connectivity index (χ4v) is 0.732. The minimum absolute atomic E-state index is 0.344. The third kappa shape index (κ3) is 1.42. The Hall–Kier alpha value is -0.570. The molecule has 0 aliphatic carbocycles. The van der Waals surface area contributed by atoms with E-state index in [-0.39, 0.29) is 0 Å². The summed E-state index contributed by atoms with van der Waals surface area (Å²) in [6, 6.07) is 0. The van der Waals surface area contributed by atoms with Crippen LogP contribution in [-0.4, -0.2) is 16.5 Å². The molecule has 0 amide bonds. The normalized spacial score (nSPS) is 26.3. The van der Waals surface area contributed by atoms with Crippen molar-refractivity contribution in [1.29, 1.82) is 0 Å². The van der Waals surface area contributed by atoms with Crippen molar-refractivity contribution in [3.05, 3.63) is 12.3 Å². The molecule has 0 saturated carbocycles. The zero-order valence-corrected chi connectivity index (χ0v) is 5.64. The van der Waals surface area contributed by atoms with E-state index in [1.165, 1.54) is 12.3 Å². The molecule has 1 rings (SSSR count). The van der Waals surface area contributed by atoms with Gasteiger partial charge in [-0.1, -0.05) is 16.1 Å². The number of nitrogens with zero attached hydrogens (tertiary/aromatic N) is 2. The highest BCUT2D eigenvalue weighted by molar-refractivity contribution is 6.68. The van der Waals surface area contributed by atoms with Gasteiger partial charge in [0.05, 0.1) is 0 Å². The second-order valence-electron chi connectivity index (χ2n) is 1.74. The van der Waals surface area contributed by atoms with E-state index in [1.54, 1.807) is 6.92 Å². The second kappa shape index (κ2) is 2.35. The van der Waals surface area contributed by atoms with Crippen LogP contribution in [0.3, 0.4) is 0 Å². The molecular formula is C5H6ClFN2. The lowest BCUT2D eigenvalue weighted by Gasteiger charge is -2.16. The van der Waals surface area contributed by atoms with Crippen molar-refractivity contribution in [3.63, 3.8) is 0 Å². The van der Waals surface area contributed by atoms with Gasteiger partial charge in [0, 0.05) is 6.20 Å². The molecule has 50 valence electrons. The number of hydrogen-bond acceptors (Lipinski definition) is 2. The molecule has 0 radical (unpaired) electrons. The lowest BCUT2D eigenvalue weighted by Crippen LogP contribution is -2.21.